The molecule has 0 rings (SSSR count). The number of nitrogens with zero attached hydrogens (tertiary/aromatic N) is 2. The molecule has 0 aliphatic heterocycles. The summed E-state index contributed by atoms with van der Waals surface area (Å²) in [5, 5.41) is 8.82. The molecule has 0 bridgehead atoms. The lowest BCUT2D eigenvalue weighted by Crippen LogP contribution is -2.44. The number of rotatable bonds is 18. The van der Waals surface area contributed by atoms with Gasteiger partial charge in [0.15, 0.2) is 12.9 Å². The number of aliphatic carboxylic acids is 1. The van der Waals surface area contributed by atoms with Gasteiger partial charge in [0.1, 0.15) is 0 Å². The molecule has 0 aromatic heterocycles. The fourth-order valence-corrected chi connectivity index (χ4v) is 2.87. The van der Waals surface area contributed by atoms with E-state index in [0.717, 1.165) is 26.0 Å². The van der Waals surface area contributed by atoms with Crippen molar-refractivity contribution < 1.29 is 19.1 Å². The van der Waals surface area contributed by atoms with E-state index in [4.69, 9.17) is 9.84 Å². The lowest BCUT2D eigenvalue weighted by atomic mass is 10.1. The largest absolute Gasteiger partial charge is 0.483 e. The van der Waals surface area contributed by atoms with Gasteiger partial charge in [-0.1, -0.05) is 64.7 Å². The number of aliphatic imine (C=N–C) groups is 1. The second-order valence-electron chi connectivity index (χ2n) is 7.63. The molecule has 0 aliphatic rings. The van der Waals surface area contributed by atoms with Gasteiger partial charge >= 0.3 is 5.97 Å². The Balaban J connectivity index is 3.29. The normalized spacial score (nSPS) is 12.0. The third kappa shape index (κ3) is 19.1. The molecule has 0 unspecified atom stereocenters. The summed E-state index contributed by atoms with van der Waals surface area (Å²) in [5.41, 5.74) is 0. The maximum Gasteiger partial charge on any atom is 0.359 e. The number of carboxylic acid groups (broad SMARTS) is 1. The van der Waals surface area contributed by atoms with Crippen LogP contribution in [0.25, 0.3) is 0 Å². The second-order valence-corrected chi connectivity index (χ2v) is 7.63. The minimum absolute atomic E-state index is 0.152. The molecule has 5 heteroatoms. The van der Waals surface area contributed by atoms with E-state index in [1.807, 2.05) is 14.1 Å². The summed E-state index contributed by atoms with van der Waals surface area (Å²) in [6.07, 6.45) is 15.7. The first-order valence-electron chi connectivity index (χ1n) is 10.1. The van der Waals surface area contributed by atoms with Crippen LogP contribution in [0.15, 0.2) is 4.99 Å². The molecule has 0 fully saturated rings. The van der Waals surface area contributed by atoms with Crippen molar-refractivity contribution in [1.82, 2.24) is 0 Å². The van der Waals surface area contributed by atoms with Crippen molar-refractivity contribution in [3.63, 3.8) is 0 Å². The van der Waals surface area contributed by atoms with Crippen LogP contribution < -0.4 is 0 Å². The summed E-state index contributed by atoms with van der Waals surface area (Å²) in [4.78, 5) is 15.0. The highest BCUT2D eigenvalue weighted by atomic mass is 16.5. The van der Waals surface area contributed by atoms with Gasteiger partial charge in [0.2, 0.25) is 0 Å². The molecule has 1 N–H and O–H groups in total. The van der Waals surface area contributed by atoms with E-state index in [-0.39, 0.29) is 6.54 Å². The summed E-state index contributed by atoms with van der Waals surface area (Å²) in [6, 6.07) is 0. The first-order valence-corrected chi connectivity index (χ1v) is 10.1. The number of unbranched alkanes of at least 4 members (excludes halogenated alkanes) is 9. The predicted molar refractivity (Wildman–Crippen MR) is 105 cm³/mol. The zero-order chi connectivity index (χ0) is 18.8. The molecule has 0 spiro atoms. The van der Waals surface area contributed by atoms with Crippen molar-refractivity contribution in [2.45, 2.75) is 77.6 Å². The van der Waals surface area contributed by atoms with Gasteiger partial charge in [-0.05, 0) is 6.42 Å². The predicted octanol–water partition coefficient (Wildman–Crippen LogP) is 4.50. The molecule has 0 radical (unpaired) electrons. The van der Waals surface area contributed by atoms with E-state index < -0.39 is 5.97 Å². The van der Waals surface area contributed by atoms with Crippen LogP contribution in [0.4, 0.5) is 0 Å². The van der Waals surface area contributed by atoms with Gasteiger partial charge in [0.05, 0.1) is 27.2 Å². The molecule has 0 aliphatic carbocycles. The Morgan fingerprint density at radius 1 is 0.960 bits per heavy atom. The molecular formula is C20H41N2O3+. The molecule has 0 aromatic rings. The Morgan fingerprint density at radius 2 is 1.52 bits per heavy atom. The smallest absolute Gasteiger partial charge is 0.359 e. The zero-order valence-corrected chi connectivity index (χ0v) is 16.8. The summed E-state index contributed by atoms with van der Waals surface area (Å²) < 4.78 is 5.90. The van der Waals surface area contributed by atoms with Crippen LogP contribution in [-0.2, 0) is 9.53 Å². The first-order chi connectivity index (χ1) is 12.0. The summed E-state index contributed by atoms with van der Waals surface area (Å²) in [5.74, 6) is -0.756. The minimum atomic E-state index is -0.756. The average Bonchev–Trinajstić information content (AvgIpc) is 2.53. The zero-order valence-electron chi connectivity index (χ0n) is 16.8. The average molecular weight is 358 g/mol. The number of likely N-dealkylation sites (N-methyl/N-ethyl adjacent to an activating group) is 1. The van der Waals surface area contributed by atoms with Gasteiger partial charge in [-0.15, -0.1) is 0 Å². The molecule has 0 saturated heterocycles. The Morgan fingerprint density at radius 3 is 2.08 bits per heavy atom. The highest BCUT2D eigenvalue weighted by Gasteiger charge is 2.18. The second kappa shape index (κ2) is 16.4. The van der Waals surface area contributed by atoms with Crippen LogP contribution in [0.1, 0.15) is 77.6 Å². The molecule has 5 nitrogen and oxygen atoms in total. The number of hydrogen-bond acceptors (Lipinski definition) is 3. The summed E-state index contributed by atoms with van der Waals surface area (Å²) in [6.45, 7) is 4.66. The Bertz CT molecular complexity index is 344. The highest BCUT2D eigenvalue weighted by Crippen LogP contribution is 2.10. The molecule has 0 atom stereocenters. The SMILES string of the molecule is CCCCCCCCCCCCOC=NCCC[N+](C)(C)CC(=O)O. The summed E-state index contributed by atoms with van der Waals surface area (Å²) >= 11 is 0. The van der Waals surface area contributed by atoms with Gasteiger partial charge in [0.25, 0.3) is 0 Å². The van der Waals surface area contributed by atoms with Crippen molar-refractivity contribution in [2.75, 3.05) is 40.3 Å². The topological polar surface area (TPSA) is 58.9 Å². The van der Waals surface area contributed by atoms with Crippen molar-refractivity contribution in [3.05, 3.63) is 0 Å². The quantitative estimate of drug-likeness (QED) is 0.170. The maximum absolute atomic E-state index is 10.7. The Kier molecular flexibility index (Phi) is 15.7. The standard InChI is InChI=1S/C20H40N2O3/c1-4-5-6-7-8-9-10-11-12-13-17-25-19-21-15-14-16-22(2,3)18-20(23)24/h19H,4-18H2,1-3H3/p+1. The molecular weight excluding hydrogens is 316 g/mol. The van der Waals surface area contributed by atoms with Crippen LogP contribution >= 0.6 is 0 Å². The van der Waals surface area contributed by atoms with Crippen LogP contribution in [0.3, 0.4) is 0 Å². The fourth-order valence-electron chi connectivity index (χ4n) is 2.87. The van der Waals surface area contributed by atoms with E-state index in [2.05, 4.69) is 11.9 Å². The van der Waals surface area contributed by atoms with Crippen molar-refractivity contribution >= 4 is 12.4 Å². The van der Waals surface area contributed by atoms with Crippen LogP contribution in [0.5, 0.6) is 0 Å². The van der Waals surface area contributed by atoms with Crippen molar-refractivity contribution in [1.29, 1.82) is 0 Å². The van der Waals surface area contributed by atoms with Crippen LogP contribution in [0.2, 0.25) is 0 Å². The van der Waals surface area contributed by atoms with Crippen molar-refractivity contribution in [3.8, 4) is 0 Å². The lowest BCUT2D eigenvalue weighted by molar-refractivity contribution is -0.883. The third-order valence-corrected chi connectivity index (χ3v) is 4.38. The number of carboxylic acids is 1. The van der Waals surface area contributed by atoms with E-state index >= 15 is 0 Å². The van der Waals surface area contributed by atoms with Crippen LogP contribution in [-0.4, -0.2) is 62.3 Å². The number of carbonyl (C=O) groups is 1. The lowest BCUT2D eigenvalue weighted by Gasteiger charge is -2.27. The van der Waals surface area contributed by atoms with Gasteiger partial charge in [0, 0.05) is 13.0 Å². The fraction of sp³-hybridized carbons (Fsp3) is 0.900. The van der Waals surface area contributed by atoms with E-state index in [1.165, 1.54) is 57.8 Å². The summed E-state index contributed by atoms with van der Waals surface area (Å²) in [7, 11) is 3.86. The molecule has 0 amide bonds. The monoisotopic (exact) mass is 357 g/mol. The Labute approximate surface area is 155 Å². The third-order valence-electron chi connectivity index (χ3n) is 4.38. The van der Waals surface area contributed by atoms with Gasteiger partial charge in [-0.25, -0.2) is 4.79 Å². The number of hydrogen-bond donors (Lipinski definition) is 1. The highest BCUT2D eigenvalue weighted by molar-refractivity contribution is 5.67. The maximum atomic E-state index is 10.7. The number of quaternary nitrogens is 1. The van der Waals surface area contributed by atoms with E-state index in [0.29, 0.717) is 11.0 Å². The van der Waals surface area contributed by atoms with Gasteiger partial charge in [-0.2, -0.15) is 0 Å². The molecule has 25 heavy (non-hydrogen) atoms. The van der Waals surface area contributed by atoms with Crippen LogP contribution in [0, 0.1) is 0 Å². The molecule has 0 heterocycles. The number of ether oxygens (including phenoxy) is 1. The Hall–Kier alpha value is -1.10. The molecule has 0 aromatic carbocycles. The van der Waals surface area contributed by atoms with Gasteiger partial charge in [-0.3, -0.25) is 4.99 Å². The van der Waals surface area contributed by atoms with Crippen molar-refractivity contribution in [2.24, 2.45) is 4.99 Å². The van der Waals surface area contributed by atoms with E-state index in [1.54, 1.807) is 6.40 Å². The molecule has 0 saturated carbocycles. The molecule has 148 valence electrons. The minimum Gasteiger partial charge on any atom is -0.483 e. The van der Waals surface area contributed by atoms with E-state index in [9.17, 15) is 4.79 Å². The van der Waals surface area contributed by atoms with Gasteiger partial charge < -0.3 is 14.3 Å². The first kappa shape index (κ1) is 23.9.